The van der Waals surface area contributed by atoms with Gasteiger partial charge in [0.2, 0.25) is 0 Å². The zero-order valence-corrected chi connectivity index (χ0v) is 13.8. The van der Waals surface area contributed by atoms with Crippen LogP contribution in [-0.4, -0.2) is 72.3 Å². The first-order valence-electron chi connectivity index (χ1n) is 7.64. The van der Waals surface area contributed by atoms with Crippen LogP contribution < -0.4 is 0 Å². The summed E-state index contributed by atoms with van der Waals surface area (Å²) in [4.78, 5) is 5.30. The highest BCUT2D eigenvalue weighted by molar-refractivity contribution is 8.00. The number of morpholine rings is 1. The molecular weight excluding hydrogens is 256 g/mol. The van der Waals surface area contributed by atoms with Gasteiger partial charge in [0.25, 0.3) is 0 Å². The molecule has 2 aliphatic rings. The molecule has 2 saturated heterocycles. The lowest BCUT2D eigenvalue weighted by molar-refractivity contribution is 0.0119. The molecule has 3 nitrogen and oxygen atoms in total. The van der Waals surface area contributed by atoms with E-state index >= 15 is 0 Å². The second-order valence-corrected chi connectivity index (χ2v) is 8.84. The van der Waals surface area contributed by atoms with Crippen molar-refractivity contribution in [2.75, 3.05) is 51.7 Å². The van der Waals surface area contributed by atoms with Crippen LogP contribution in [0.1, 0.15) is 27.7 Å². The maximum Gasteiger partial charge on any atom is 0.0594 e. The lowest BCUT2D eigenvalue weighted by Gasteiger charge is -2.34. The Morgan fingerprint density at radius 2 is 1.84 bits per heavy atom. The molecule has 112 valence electrons. The van der Waals surface area contributed by atoms with E-state index in [0.29, 0.717) is 4.75 Å². The summed E-state index contributed by atoms with van der Waals surface area (Å²) >= 11 is 2.08. The molecule has 0 aromatic carbocycles. The molecule has 2 atom stereocenters. The number of hydrogen-bond donors (Lipinski definition) is 0. The van der Waals surface area contributed by atoms with Crippen LogP contribution in [0.2, 0.25) is 0 Å². The third kappa shape index (κ3) is 4.92. The lowest BCUT2D eigenvalue weighted by Crippen LogP contribution is -2.46. The Hall–Kier alpha value is 0.230. The smallest absolute Gasteiger partial charge is 0.0594 e. The number of hydrogen-bond acceptors (Lipinski definition) is 4. The first-order chi connectivity index (χ1) is 8.96. The van der Waals surface area contributed by atoms with Crippen LogP contribution in [-0.2, 0) is 4.74 Å². The van der Waals surface area contributed by atoms with Gasteiger partial charge in [0.05, 0.1) is 13.2 Å². The minimum Gasteiger partial charge on any atom is -0.379 e. The molecule has 19 heavy (non-hydrogen) atoms. The Morgan fingerprint density at radius 1 is 1.16 bits per heavy atom. The molecule has 2 fully saturated rings. The van der Waals surface area contributed by atoms with Crippen LogP contribution in [0.15, 0.2) is 0 Å². The largest absolute Gasteiger partial charge is 0.379 e. The number of nitrogens with zero attached hydrogens (tertiary/aromatic N) is 2. The van der Waals surface area contributed by atoms with Crippen molar-refractivity contribution in [3.8, 4) is 0 Å². The van der Waals surface area contributed by atoms with Gasteiger partial charge in [0.15, 0.2) is 0 Å². The Morgan fingerprint density at radius 3 is 2.47 bits per heavy atom. The molecule has 0 aromatic heterocycles. The van der Waals surface area contributed by atoms with E-state index in [2.05, 4.69) is 49.3 Å². The minimum atomic E-state index is 0.398. The van der Waals surface area contributed by atoms with E-state index in [1.807, 2.05) is 0 Å². The average molecular weight is 286 g/mol. The van der Waals surface area contributed by atoms with E-state index in [1.54, 1.807) is 0 Å². The summed E-state index contributed by atoms with van der Waals surface area (Å²) in [7, 11) is 0. The van der Waals surface area contributed by atoms with Crippen molar-refractivity contribution in [1.82, 2.24) is 9.80 Å². The third-order valence-corrected chi connectivity index (χ3v) is 5.36. The molecule has 2 heterocycles. The van der Waals surface area contributed by atoms with Crippen molar-refractivity contribution >= 4 is 11.8 Å². The van der Waals surface area contributed by atoms with Crippen LogP contribution >= 0.6 is 11.8 Å². The van der Waals surface area contributed by atoms with E-state index in [0.717, 1.165) is 38.3 Å². The van der Waals surface area contributed by atoms with Gasteiger partial charge in [-0.15, -0.1) is 0 Å². The lowest BCUT2D eigenvalue weighted by atomic mass is 10.0. The maximum atomic E-state index is 5.47. The standard InChI is InChI=1S/C15H30N2OS/c1-13-11-16(7-10-19-15(2,3)4)12-14(13)17-5-8-18-9-6-17/h13-14H,5-12H2,1-4H3/t13-,14-/m0/s1. The van der Waals surface area contributed by atoms with Gasteiger partial charge in [0.1, 0.15) is 0 Å². The summed E-state index contributed by atoms with van der Waals surface area (Å²) in [6, 6.07) is 0.753. The van der Waals surface area contributed by atoms with Crippen molar-refractivity contribution in [2.24, 2.45) is 5.92 Å². The summed E-state index contributed by atoms with van der Waals surface area (Å²) in [5.41, 5.74) is 0. The van der Waals surface area contributed by atoms with Crippen LogP contribution in [0.3, 0.4) is 0 Å². The van der Waals surface area contributed by atoms with Gasteiger partial charge in [-0.3, -0.25) is 4.90 Å². The van der Waals surface area contributed by atoms with E-state index in [1.165, 1.54) is 25.4 Å². The van der Waals surface area contributed by atoms with Crippen LogP contribution in [0, 0.1) is 5.92 Å². The fourth-order valence-electron chi connectivity index (χ4n) is 3.10. The molecule has 0 spiro atoms. The fraction of sp³-hybridized carbons (Fsp3) is 1.00. The molecule has 0 amide bonds. The maximum absolute atomic E-state index is 5.47. The molecular formula is C15H30N2OS. The highest BCUT2D eigenvalue weighted by atomic mass is 32.2. The van der Waals surface area contributed by atoms with Gasteiger partial charge in [0, 0.05) is 49.3 Å². The zero-order chi connectivity index (χ0) is 13.9. The van der Waals surface area contributed by atoms with Crippen LogP contribution in [0.5, 0.6) is 0 Å². The molecule has 0 aromatic rings. The molecule has 0 bridgehead atoms. The predicted octanol–water partition coefficient (Wildman–Crippen LogP) is 2.17. The van der Waals surface area contributed by atoms with E-state index < -0.39 is 0 Å². The first kappa shape index (κ1) is 15.6. The van der Waals surface area contributed by atoms with E-state index in [-0.39, 0.29) is 0 Å². The molecule has 0 radical (unpaired) electrons. The highest BCUT2D eigenvalue weighted by Gasteiger charge is 2.34. The van der Waals surface area contributed by atoms with Crippen molar-refractivity contribution in [3.05, 3.63) is 0 Å². The second-order valence-electron chi connectivity index (χ2n) is 6.91. The summed E-state index contributed by atoms with van der Waals surface area (Å²) in [5.74, 6) is 2.06. The van der Waals surface area contributed by atoms with Gasteiger partial charge in [-0.2, -0.15) is 11.8 Å². The number of likely N-dealkylation sites (tertiary alicyclic amines) is 1. The predicted molar refractivity (Wildman–Crippen MR) is 84.0 cm³/mol. The molecule has 4 heteroatoms. The third-order valence-electron chi connectivity index (χ3n) is 4.11. The fourth-order valence-corrected chi connectivity index (χ4v) is 4.06. The van der Waals surface area contributed by atoms with Crippen LogP contribution in [0.4, 0.5) is 0 Å². The average Bonchev–Trinajstić information content (AvgIpc) is 2.70. The van der Waals surface area contributed by atoms with E-state index in [4.69, 9.17) is 4.74 Å². The van der Waals surface area contributed by atoms with Gasteiger partial charge in [-0.1, -0.05) is 27.7 Å². The molecule has 0 saturated carbocycles. The number of ether oxygens (including phenoxy) is 1. The topological polar surface area (TPSA) is 15.7 Å². The molecule has 0 unspecified atom stereocenters. The molecule has 0 aliphatic carbocycles. The zero-order valence-electron chi connectivity index (χ0n) is 13.0. The monoisotopic (exact) mass is 286 g/mol. The van der Waals surface area contributed by atoms with Gasteiger partial charge >= 0.3 is 0 Å². The Bertz CT molecular complexity index is 274. The number of thioether (sulfide) groups is 1. The van der Waals surface area contributed by atoms with Gasteiger partial charge in [-0.05, 0) is 5.92 Å². The Labute approximate surface area is 123 Å². The van der Waals surface area contributed by atoms with Crippen molar-refractivity contribution in [3.63, 3.8) is 0 Å². The highest BCUT2D eigenvalue weighted by Crippen LogP contribution is 2.26. The minimum absolute atomic E-state index is 0.398. The van der Waals surface area contributed by atoms with Gasteiger partial charge in [-0.25, -0.2) is 0 Å². The summed E-state index contributed by atoms with van der Waals surface area (Å²) in [5, 5.41) is 0. The SMILES string of the molecule is C[C@H]1CN(CCSC(C)(C)C)C[C@@H]1N1CCOCC1. The van der Waals surface area contributed by atoms with Crippen molar-refractivity contribution < 1.29 is 4.74 Å². The van der Waals surface area contributed by atoms with Crippen molar-refractivity contribution in [2.45, 2.75) is 38.5 Å². The molecule has 2 rings (SSSR count). The first-order valence-corrected chi connectivity index (χ1v) is 8.62. The van der Waals surface area contributed by atoms with Crippen LogP contribution in [0.25, 0.3) is 0 Å². The quantitative estimate of drug-likeness (QED) is 0.787. The van der Waals surface area contributed by atoms with Gasteiger partial charge < -0.3 is 9.64 Å². The summed E-state index contributed by atoms with van der Waals surface area (Å²) in [6.45, 7) is 17.2. The Kier molecular flexibility index (Phi) is 5.58. The summed E-state index contributed by atoms with van der Waals surface area (Å²) in [6.07, 6.45) is 0. The second kappa shape index (κ2) is 6.79. The summed E-state index contributed by atoms with van der Waals surface area (Å²) < 4.78 is 5.86. The molecule has 0 N–H and O–H groups in total. The van der Waals surface area contributed by atoms with Crippen molar-refractivity contribution in [1.29, 1.82) is 0 Å². The molecule has 2 aliphatic heterocycles. The van der Waals surface area contributed by atoms with E-state index in [9.17, 15) is 0 Å². The number of rotatable bonds is 4. The normalized spacial score (nSPS) is 30.9. The Balaban J connectivity index is 1.74.